The molecule has 1 N–H and O–H groups in total. The van der Waals surface area contributed by atoms with Crippen molar-refractivity contribution in [2.24, 2.45) is 5.92 Å². The molecule has 0 spiro atoms. The summed E-state index contributed by atoms with van der Waals surface area (Å²) in [6.45, 7) is 6.37. The quantitative estimate of drug-likeness (QED) is 0.0373. The molecule has 1 saturated heterocycles. The van der Waals surface area contributed by atoms with Gasteiger partial charge in [-0.05, 0) is 57.3 Å². The largest absolute Gasteiger partial charge is 0.462 e. The molecule has 1 fully saturated rings. The van der Waals surface area contributed by atoms with Gasteiger partial charge in [-0.2, -0.15) is 0 Å². The van der Waals surface area contributed by atoms with Crippen molar-refractivity contribution in [2.45, 2.75) is 174 Å². The molecule has 6 nitrogen and oxygen atoms in total. The van der Waals surface area contributed by atoms with Crippen LogP contribution in [-0.2, 0) is 23.8 Å². The number of esters is 2. The lowest BCUT2D eigenvalue weighted by atomic mass is 9.99. The average molecular weight is 619 g/mol. The summed E-state index contributed by atoms with van der Waals surface area (Å²) in [6, 6.07) is 0. The Morgan fingerprint density at radius 2 is 1.39 bits per heavy atom. The maximum atomic E-state index is 12.1. The van der Waals surface area contributed by atoms with Gasteiger partial charge >= 0.3 is 11.9 Å². The number of hydrogen-bond acceptors (Lipinski definition) is 6. The molecule has 0 saturated carbocycles. The van der Waals surface area contributed by atoms with Crippen molar-refractivity contribution in [3.8, 4) is 0 Å². The lowest BCUT2D eigenvalue weighted by Crippen LogP contribution is -2.28. The fraction of sp³-hybridized carbons (Fsp3) is 0.789. The topological polar surface area (TPSA) is 85.4 Å². The summed E-state index contributed by atoms with van der Waals surface area (Å²) in [5, 5.41) is 9.54. The molecular formula is C38H66O6. The van der Waals surface area contributed by atoms with Crippen LogP contribution in [0.3, 0.4) is 0 Å². The van der Waals surface area contributed by atoms with E-state index in [9.17, 15) is 14.7 Å². The molecule has 0 radical (unpaired) electrons. The zero-order chi connectivity index (χ0) is 32.1. The Labute approximate surface area is 270 Å². The number of aliphatic hydroxyl groups excluding tert-OH is 1. The molecule has 44 heavy (non-hydrogen) atoms. The third-order valence-corrected chi connectivity index (χ3v) is 8.40. The number of epoxide rings is 1. The normalized spacial score (nSPS) is 17.9. The number of allylic oxidation sites excluding steroid dienone is 5. The SMILES string of the molecule is CCCCC/C=C\C/C=C\C/C=C\CC1OC1CCCC(=O)OC[C@H](CO)OC(=O)CCCCCCCCCCC(C)CC. The number of unbranched alkanes of at least 4 members (excludes halogenated alkanes) is 10. The first-order valence-corrected chi connectivity index (χ1v) is 18.1. The van der Waals surface area contributed by atoms with Gasteiger partial charge in [-0.25, -0.2) is 0 Å². The van der Waals surface area contributed by atoms with E-state index in [2.05, 4.69) is 57.2 Å². The second-order valence-electron chi connectivity index (χ2n) is 12.6. The monoisotopic (exact) mass is 618 g/mol. The van der Waals surface area contributed by atoms with Crippen LogP contribution in [0.25, 0.3) is 0 Å². The maximum Gasteiger partial charge on any atom is 0.306 e. The lowest BCUT2D eigenvalue weighted by molar-refractivity contribution is -0.161. The summed E-state index contributed by atoms with van der Waals surface area (Å²) in [5.74, 6) is 0.179. The highest BCUT2D eigenvalue weighted by atomic mass is 16.6. The molecule has 0 aromatic heterocycles. The Bertz CT molecular complexity index is 788. The van der Waals surface area contributed by atoms with E-state index in [1.807, 2.05) is 0 Å². The van der Waals surface area contributed by atoms with Crippen molar-refractivity contribution in [2.75, 3.05) is 13.2 Å². The predicted molar refractivity (Wildman–Crippen MR) is 181 cm³/mol. The predicted octanol–water partition coefficient (Wildman–Crippen LogP) is 9.74. The highest BCUT2D eigenvalue weighted by molar-refractivity contribution is 5.70. The van der Waals surface area contributed by atoms with Crippen molar-refractivity contribution in [3.05, 3.63) is 36.5 Å². The minimum atomic E-state index is -0.799. The van der Waals surface area contributed by atoms with Crippen molar-refractivity contribution < 1.29 is 28.9 Å². The van der Waals surface area contributed by atoms with E-state index >= 15 is 0 Å². The van der Waals surface area contributed by atoms with Gasteiger partial charge in [0.2, 0.25) is 0 Å². The van der Waals surface area contributed by atoms with Crippen LogP contribution < -0.4 is 0 Å². The number of carbonyl (C=O) groups excluding carboxylic acids is 2. The molecule has 4 atom stereocenters. The second-order valence-corrected chi connectivity index (χ2v) is 12.6. The van der Waals surface area contributed by atoms with Crippen LogP contribution in [0.15, 0.2) is 36.5 Å². The van der Waals surface area contributed by atoms with Crippen LogP contribution in [0.4, 0.5) is 0 Å². The lowest BCUT2D eigenvalue weighted by Gasteiger charge is -2.15. The second kappa shape index (κ2) is 28.5. The maximum absolute atomic E-state index is 12.1. The van der Waals surface area contributed by atoms with Gasteiger partial charge in [-0.3, -0.25) is 9.59 Å². The minimum absolute atomic E-state index is 0.102. The highest BCUT2D eigenvalue weighted by Crippen LogP contribution is 2.30. The molecule has 0 aliphatic carbocycles. The van der Waals surface area contributed by atoms with Gasteiger partial charge < -0.3 is 19.3 Å². The highest BCUT2D eigenvalue weighted by Gasteiger charge is 2.36. The van der Waals surface area contributed by atoms with Gasteiger partial charge in [0.25, 0.3) is 0 Å². The number of carbonyl (C=O) groups is 2. The molecule has 6 heteroatoms. The van der Waals surface area contributed by atoms with E-state index in [1.165, 1.54) is 70.6 Å². The van der Waals surface area contributed by atoms with Crippen LogP contribution in [0, 0.1) is 5.92 Å². The molecule has 1 heterocycles. The molecular weight excluding hydrogens is 552 g/mol. The molecule has 1 rings (SSSR count). The molecule has 0 amide bonds. The van der Waals surface area contributed by atoms with E-state index in [1.54, 1.807) is 0 Å². The summed E-state index contributed by atoms with van der Waals surface area (Å²) >= 11 is 0. The minimum Gasteiger partial charge on any atom is -0.462 e. The Hall–Kier alpha value is -1.92. The summed E-state index contributed by atoms with van der Waals surface area (Å²) in [7, 11) is 0. The van der Waals surface area contributed by atoms with Crippen molar-refractivity contribution >= 4 is 11.9 Å². The first kappa shape index (κ1) is 40.1. The zero-order valence-electron chi connectivity index (χ0n) is 28.5. The van der Waals surface area contributed by atoms with Gasteiger partial charge in [-0.15, -0.1) is 0 Å². The molecule has 1 aliphatic rings. The summed E-state index contributed by atoms with van der Waals surface area (Å²) in [6.07, 6.45) is 35.0. The Morgan fingerprint density at radius 3 is 2.07 bits per heavy atom. The smallest absolute Gasteiger partial charge is 0.306 e. The van der Waals surface area contributed by atoms with Crippen LogP contribution in [0.2, 0.25) is 0 Å². The Kier molecular flexibility index (Phi) is 26.0. The molecule has 3 unspecified atom stereocenters. The summed E-state index contributed by atoms with van der Waals surface area (Å²) in [5.41, 5.74) is 0. The van der Waals surface area contributed by atoms with E-state index in [4.69, 9.17) is 14.2 Å². The van der Waals surface area contributed by atoms with Gasteiger partial charge in [0.1, 0.15) is 6.61 Å². The summed E-state index contributed by atoms with van der Waals surface area (Å²) < 4.78 is 16.3. The van der Waals surface area contributed by atoms with E-state index in [0.29, 0.717) is 19.3 Å². The molecule has 0 aromatic rings. The van der Waals surface area contributed by atoms with Gasteiger partial charge in [0, 0.05) is 12.8 Å². The fourth-order valence-electron chi connectivity index (χ4n) is 5.14. The number of aliphatic hydroxyl groups is 1. The van der Waals surface area contributed by atoms with Gasteiger partial charge in [0.15, 0.2) is 6.10 Å². The average Bonchev–Trinajstić information content (AvgIpc) is 3.78. The van der Waals surface area contributed by atoms with Crippen molar-refractivity contribution in [1.82, 2.24) is 0 Å². The van der Waals surface area contributed by atoms with Crippen LogP contribution in [0.1, 0.15) is 156 Å². The third kappa shape index (κ3) is 24.4. The molecule has 0 aromatic carbocycles. The third-order valence-electron chi connectivity index (χ3n) is 8.40. The van der Waals surface area contributed by atoms with Crippen molar-refractivity contribution in [3.63, 3.8) is 0 Å². The molecule has 254 valence electrons. The number of hydrogen-bond donors (Lipinski definition) is 1. The fourth-order valence-corrected chi connectivity index (χ4v) is 5.14. The summed E-state index contributed by atoms with van der Waals surface area (Å²) in [4.78, 5) is 24.3. The van der Waals surface area contributed by atoms with E-state index in [-0.39, 0.29) is 37.4 Å². The zero-order valence-corrected chi connectivity index (χ0v) is 28.5. The van der Waals surface area contributed by atoms with Crippen LogP contribution in [0.5, 0.6) is 0 Å². The standard InChI is InChI=1S/C38H66O6/c1-4-6-7-8-9-10-11-12-13-17-20-23-27-35-36(44-35)28-25-30-37(40)42-32-34(31-39)43-38(41)29-24-21-18-15-14-16-19-22-26-33(3)5-2/h9-10,12-13,20,23,33-36,39H,4-8,11,14-19,21-22,24-32H2,1-3H3/b10-9-,13-12-,23-20-/t33?,34-,35?,36?/m0/s1. The Balaban J connectivity index is 1.98. The van der Waals surface area contributed by atoms with E-state index in [0.717, 1.165) is 50.9 Å². The van der Waals surface area contributed by atoms with Gasteiger partial charge in [-0.1, -0.05) is 128 Å². The molecule has 1 aliphatic heterocycles. The molecule has 0 bridgehead atoms. The first-order chi connectivity index (χ1) is 21.5. The van der Waals surface area contributed by atoms with Crippen LogP contribution >= 0.6 is 0 Å². The van der Waals surface area contributed by atoms with Crippen LogP contribution in [-0.4, -0.2) is 48.6 Å². The van der Waals surface area contributed by atoms with Crippen molar-refractivity contribution in [1.29, 1.82) is 0 Å². The van der Waals surface area contributed by atoms with Gasteiger partial charge in [0.05, 0.1) is 18.8 Å². The van der Waals surface area contributed by atoms with E-state index < -0.39 is 6.10 Å². The number of rotatable bonds is 30. The number of ether oxygens (including phenoxy) is 3. The first-order valence-electron chi connectivity index (χ1n) is 18.1. The Morgan fingerprint density at radius 1 is 0.750 bits per heavy atom.